The van der Waals surface area contributed by atoms with Crippen molar-refractivity contribution in [1.82, 2.24) is 20.1 Å². The van der Waals surface area contributed by atoms with Crippen LogP contribution in [0, 0.1) is 6.92 Å². The van der Waals surface area contributed by atoms with Crippen molar-refractivity contribution in [2.24, 2.45) is 5.73 Å². The Bertz CT molecular complexity index is 1650. The predicted octanol–water partition coefficient (Wildman–Crippen LogP) is 5.34. The molecule has 230 valence electrons. The molecule has 2 atom stereocenters. The highest BCUT2D eigenvalue weighted by Crippen LogP contribution is 2.32. The summed E-state index contributed by atoms with van der Waals surface area (Å²) in [6.45, 7) is 5.87. The van der Waals surface area contributed by atoms with E-state index in [0.717, 1.165) is 34.9 Å². The van der Waals surface area contributed by atoms with E-state index in [9.17, 15) is 14.4 Å². The summed E-state index contributed by atoms with van der Waals surface area (Å²) in [6, 6.07) is 20.3. The summed E-state index contributed by atoms with van der Waals surface area (Å²) in [6.07, 6.45) is 3.60. The van der Waals surface area contributed by atoms with Crippen molar-refractivity contribution < 1.29 is 14.4 Å². The van der Waals surface area contributed by atoms with Crippen LogP contribution in [0.4, 0.5) is 10.5 Å². The van der Waals surface area contributed by atoms with E-state index in [0.29, 0.717) is 31.2 Å². The van der Waals surface area contributed by atoms with Crippen LogP contribution in [0.3, 0.4) is 0 Å². The number of carbonyl (C=O) groups excluding carboxylic acids is 3. The zero-order valence-electron chi connectivity index (χ0n) is 25.9. The topological polar surface area (TPSA) is 124 Å². The van der Waals surface area contributed by atoms with Gasteiger partial charge in [-0.3, -0.25) is 9.59 Å². The lowest BCUT2D eigenvalue weighted by molar-refractivity contribution is -0.118. The van der Waals surface area contributed by atoms with Gasteiger partial charge in [0.2, 0.25) is 5.91 Å². The van der Waals surface area contributed by atoms with Crippen molar-refractivity contribution in [3.63, 3.8) is 0 Å². The lowest BCUT2D eigenvalue weighted by Gasteiger charge is -2.34. The number of aromatic nitrogens is 1. The van der Waals surface area contributed by atoms with E-state index >= 15 is 0 Å². The van der Waals surface area contributed by atoms with E-state index in [1.54, 1.807) is 17.0 Å². The number of nitrogens with one attached hydrogen (secondary N) is 3. The van der Waals surface area contributed by atoms with Gasteiger partial charge in [-0.15, -0.1) is 0 Å². The van der Waals surface area contributed by atoms with E-state index in [1.807, 2.05) is 68.5 Å². The van der Waals surface area contributed by atoms with Crippen molar-refractivity contribution >= 4 is 34.4 Å². The first-order chi connectivity index (χ1) is 21.1. The van der Waals surface area contributed by atoms with Crippen LogP contribution in [0.2, 0.25) is 0 Å². The maximum Gasteiger partial charge on any atom is 0.318 e. The summed E-state index contributed by atoms with van der Waals surface area (Å²) >= 11 is 0. The molecule has 1 aliphatic rings. The lowest BCUT2D eigenvalue weighted by Crippen LogP contribution is -2.53. The van der Waals surface area contributed by atoms with Gasteiger partial charge in [0.1, 0.15) is 6.04 Å². The first-order valence-electron chi connectivity index (χ1n) is 15.2. The number of rotatable bonds is 9. The second-order valence-corrected chi connectivity index (χ2v) is 12.1. The number of likely N-dealkylation sites (tertiary alicyclic amines) is 1. The maximum absolute atomic E-state index is 14.1. The third-order valence-corrected chi connectivity index (χ3v) is 8.69. The van der Waals surface area contributed by atoms with Crippen LogP contribution < -0.4 is 16.4 Å². The molecule has 4 amide bonds. The second kappa shape index (κ2) is 13.3. The summed E-state index contributed by atoms with van der Waals surface area (Å²) < 4.78 is 0. The molecule has 1 saturated heterocycles. The molecule has 2 heterocycles. The molecule has 0 aliphatic carbocycles. The molecular formula is C35H42N6O3. The van der Waals surface area contributed by atoms with Crippen LogP contribution in [0.15, 0.2) is 72.9 Å². The molecular weight excluding hydrogens is 552 g/mol. The van der Waals surface area contributed by atoms with Gasteiger partial charge in [-0.05, 0) is 80.2 Å². The minimum Gasteiger partial charge on any atom is -0.366 e. The van der Waals surface area contributed by atoms with Gasteiger partial charge in [-0.25, -0.2) is 4.79 Å². The monoisotopic (exact) mass is 594 g/mol. The molecule has 0 unspecified atom stereocenters. The van der Waals surface area contributed by atoms with E-state index in [4.69, 9.17) is 5.73 Å². The molecule has 4 aromatic rings. The molecule has 3 aromatic carbocycles. The Hall–Kier alpha value is -4.63. The molecule has 9 nitrogen and oxygen atoms in total. The van der Waals surface area contributed by atoms with E-state index in [2.05, 4.69) is 40.7 Å². The molecule has 0 radical (unpaired) electrons. The van der Waals surface area contributed by atoms with Gasteiger partial charge < -0.3 is 31.2 Å². The molecule has 5 rings (SSSR count). The van der Waals surface area contributed by atoms with Crippen molar-refractivity contribution in [2.45, 2.75) is 51.1 Å². The number of nitrogens with two attached hydrogens (primary N) is 1. The fourth-order valence-corrected chi connectivity index (χ4v) is 6.31. The quantitative estimate of drug-likeness (QED) is 0.209. The molecule has 44 heavy (non-hydrogen) atoms. The Balaban J connectivity index is 1.39. The highest BCUT2D eigenvalue weighted by atomic mass is 16.2. The van der Waals surface area contributed by atoms with Crippen LogP contribution in [0.1, 0.15) is 64.2 Å². The van der Waals surface area contributed by atoms with Crippen molar-refractivity contribution in [3.05, 3.63) is 101 Å². The van der Waals surface area contributed by atoms with Crippen LogP contribution in [-0.2, 0) is 11.3 Å². The number of hydrogen-bond acceptors (Lipinski definition) is 4. The number of benzene rings is 3. The zero-order chi connectivity index (χ0) is 31.4. The summed E-state index contributed by atoms with van der Waals surface area (Å²) in [5.41, 5.74) is 11.6. The maximum atomic E-state index is 14.1. The molecule has 9 heteroatoms. The largest absolute Gasteiger partial charge is 0.366 e. The number of para-hydroxylation sites is 1. The summed E-state index contributed by atoms with van der Waals surface area (Å²) in [4.78, 5) is 47.1. The number of carbonyl (C=O) groups is 3. The van der Waals surface area contributed by atoms with Crippen LogP contribution in [0.25, 0.3) is 10.9 Å². The fraction of sp³-hybridized carbons (Fsp3) is 0.343. The minimum absolute atomic E-state index is 0.212. The van der Waals surface area contributed by atoms with Gasteiger partial charge in [0.05, 0.1) is 11.3 Å². The first-order valence-corrected chi connectivity index (χ1v) is 15.2. The molecule has 0 saturated carbocycles. The number of fused-ring (bicyclic) bond motifs is 1. The number of anilines is 1. The number of primary amides is 1. The number of aryl methyl sites for hydroxylation is 1. The standard InChI is InChI=1S/C35H42N6O3/c1-22-9-5-6-10-26(22)25-15-17-41(18-16-25)35(44)39-32(23(2)29-20-37-30-12-8-7-11-27(29)30)34(43)38-31-19-24(21-40(3)4)13-14-28(31)33(36)42/h5-14,19-20,23,25,32,37H,15-18,21H2,1-4H3,(H2,36,42)(H,38,43)(H,39,44)/t23-,32-/m1/s1. The summed E-state index contributed by atoms with van der Waals surface area (Å²) in [5, 5.41) is 6.98. The average Bonchev–Trinajstić information content (AvgIpc) is 3.44. The molecule has 0 spiro atoms. The number of piperidine rings is 1. The van der Waals surface area contributed by atoms with Gasteiger partial charge in [0, 0.05) is 42.7 Å². The van der Waals surface area contributed by atoms with Gasteiger partial charge >= 0.3 is 6.03 Å². The SMILES string of the molecule is Cc1ccccc1C1CCN(C(=O)N[C@@H](C(=O)Nc2cc(CN(C)C)ccc2C(N)=O)[C@H](C)c2c[nH]c3ccccc23)CC1. The molecule has 0 bridgehead atoms. The number of nitrogens with zero attached hydrogens (tertiary/aromatic N) is 2. The van der Waals surface area contributed by atoms with Crippen molar-refractivity contribution in [1.29, 1.82) is 0 Å². The molecule has 1 fully saturated rings. The number of amides is 4. The van der Waals surface area contributed by atoms with E-state index < -0.39 is 17.9 Å². The van der Waals surface area contributed by atoms with Crippen LogP contribution >= 0.6 is 0 Å². The van der Waals surface area contributed by atoms with E-state index in [1.165, 1.54) is 11.1 Å². The Morgan fingerprint density at radius 1 is 1.02 bits per heavy atom. The Kier molecular flexibility index (Phi) is 9.35. The fourth-order valence-electron chi connectivity index (χ4n) is 6.31. The second-order valence-electron chi connectivity index (χ2n) is 12.1. The highest BCUT2D eigenvalue weighted by molar-refractivity contribution is 6.05. The normalized spacial score (nSPS) is 15.2. The Morgan fingerprint density at radius 3 is 2.43 bits per heavy atom. The number of urea groups is 1. The van der Waals surface area contributed by atoms with Crippen molar-refractivity contribution in [3.8, 4) is 0 Å². The number of hydrogen-bond donors (Lipinski definition) is 4. The lowest BCUT2D eigenvalue weighted by atomic mass is 9.87. The number of H-pyrrole nitrogens is 1. The first kappa shape index (κ1) is 30.8. The smallest absolute Gasteiger partial charge is 0.318 e. The van der Waals surface area contributed by atoms with Gasteiger partial charge in [-0.2, -0.15) is 0 Å². The highest BCUT2D eigenvalue weighted by Gasteiger charge is 2.33. The minimum atomic E-state index is -0.922. The predicted molar refractivity (Wildman–Crippen MR) is 175 cm³/mol. The third kappa shape index (κ3) is 6.78. The summed E-state index contributed by atoms with van der Waals surface area (Å²) in [5.74, 6) is -1.05. The van der Waals surface area contributed by atoms with Crippen LogP contribution in [0.5, 0.6) is 0 Å². The van der Waals surface area contributed by atoms with E-state index in [-0.39, 0.29) is 17.5 Å². The third-order valence-electron chi connectivity index (χ3n) is 8.69. The van der Waals surface area contributed by atoms with Crippen LogP contribution in [-0.4, -0.2) is 65.9 Å². The Morgan fingerprint density at radius 2 is 1.73 bits per heavy atom. The van der Waals surface area contributed by atoms with Gasteiger partial charge in [0.15, 0.2) is 0 Å². The van der Waals surface area contributed by atoms with Gasteiger partial charge in [0.25, 0.3) is 5.91 Å². The average molecular weight is 595 g/mol. The molecule has 1 aliphatic heterocycles. The van der Waals surface area contributed by atoms with Gasteiger partial charge in [-0.1, -0.05) is 55.5 Å². The zero-order valence-corrected chi connectivity index (χ0v) is 25.9. The van der Waals surface area contributed by atoms with Crippen molar-refractivity contribution in [2.75, 3.05) is 32.5 Å². The molecule has 5 N–H and O–H groups in total. The molecule has 1 aromatic heterocycles. The Labute approximate surface area is 258 Å². The summed E-state index contributed by atoms with van der Waals surface area (Å²) in [7, 11) is 3.89. The number of aromatic amines is 1.